The van der Waals surface area contributed by atoms with E-state index in [9.17, 15) is 9.59 Å². The molecule has 1 aromatic carbocycles. The Morgan fingerprint density at radius 3 is 2.46 bits per heavy atom. The molecule has 6 heteroatoms. The van der Waals surface area contributed by atoms with Crippen LogP contribution >= 0.6 is 11.6 Å². The fourth-order valence-electron chi connectivity index (χ4n) is 2.73. The number of halogens is 1. The number of aromatic nitrogens is 1. The van der Waals surface area contributed by atoms with Gasteiger partial charge in [0.15, 0.2) is 0 Å². The van der Waals surface area contributed by atoms with Crippen LogP contribution in [0.4, 0.5) is 5.69 Å². The Kier molecular flexibility index (Phi) is 5.34. The van der Waals surface area contributed by atoms with Gasteiger partial charge in [0, 0.05) is 48.2 Å². The average molecular weight is 348 g/mol. The molecule has 2 aromatic rings. The summed E-state index contributed by atoms with van der Waals surface area (Å²) in [6.45, 7) is 5.74. The van der Waals surface area contributed by atoms with Crippen LogP contribution in [-0.4, -0.2) is 25.0 Å². The lowest BCUT2D eigenvalue weighted by molar-refractivity contribution is 0.0950. The van der Waals surface area contributed by atoms with Gasteiger partial charge in [-0.25, -0.2) is 0 Å². The molecule has 0 saturated carbocycles. The highest BCUT2D eigenvalue weighted by Gasteiger charge is 2.15. The van der Waals surface area contributed by atoms with Crippen LogP contribution in [0.15, 0.2) is 23.0 Å². The first-order valence-electron chi connectivity index (χ1n) is 7.65. The quantitative estimate of drug-likeness (QED) is 0.893. The summed E-state index contributed by atoms with van der Waals surface area (Å²) in [7, 11) is 3.80. The lowest BCUT2D eigenvalue weighted by Crippen LogP contribution is -2.28. The first-order valence-corrected chi connectivity index (χ1v) is 8.03. The minimum absolute atomic E-state index is 0.170. The molecule has 128 valence electrons. The van der Waals surface area contributed by atoms with Gasteiger partial charge in [-0.3, -0.25) is 9.59 Å². The van der Waals surface area contributed by atoms with Crippen molar-refractivity contribution >= 4 is 23.2 Å². The average Bonchev–Trinajstić information content (AvgIpc) is 2.47. The van der Waals surface area contributed by atoms with Crippen molar-refractivity contribution in [2.24, 2.45) is 0 Å². The van der Waals surface area contributed by atoms with Crippen LogP contribution in [0.25, 0.3) is 0 Å². The van der Waals surface area contributed by atoms with E-state index in [2.05, 4.69) is 10.3 Å². The second-order valence-corrected chi connectivity index (χ2v) is 6.55. The topological polar surface area (TPSA) is 65.2 Å². The summed E-state index contributed by atoms with van der Waals surface area (Å²) in [6, 6.07) is 5.35. The van der Waals surface area contributed by atoms with Gasteiger partial charge in [-0.2, -0.15) is 0 Å². The van der Waals surface area contributed by atoms with Crippen molar-refractivity contribution in [1.82, 2.24) is 10.3 Å². The summed E-state index contributed by atoms with van der Waals surface area (Å²) in [6.07, 6.45) is 0. The predicted molar refractivity (Wildman–Crippen MR) is 98.2 cm³/mol. The van der Waals surface area contributed by atoms with Crippen LogP contribution in [0, 0.1) is 20.8 Å². The third kappa shape index (κ3) is 3.79. The minimum Gasteiger partial charge on any atom is -0.377 e. The van der Waals surface area contributed by atoms with Crippen molar-refractivity contribution < 1.29 is 4.79 Å². The van der Waals surface area contributed by atoms with Crippen LogP contribution in [0.1, 0.15) is 32.7 Å². The molecule has 0 unspecified atom stereocenters. The molecular formula is C18H22ClN3O2. The number of carbonyl (C=O) groups excluding carboxylic acids is 1. The molecule has 0 atom stereocenters. The summed E-state index contributed by atoms with van der Waals surface area (Å²) in [4.78, 5) is 29.3. The molecular weight excluding hydrogens is 326 g/mol. The molecule has 0 aliphatic rings. The Morgan fingerprint density at radius 1 is 1.21 bits per heavy atom. The Bertz CT molecular complexity index is 841. The number of aryl methyl sites for hydroxylation is 2. The van der Waals surface area contributed by atoms with Crippen molar-refractivity contribution in [2.75, 3.05) is 19.0 Å². The van der Waals surface area contributed by atoms with Crippen molar-refractivity contribution in [3.8, 4) is 0 Å². The second kappa shape index (κ2) is 7.09. The maximum absolute atomic E-state index is 12.6. The Balaban J connectivity index is 2.27. The number of carbonyl (C=O) groups is 1. The van der Waals surface area contributed by atoms with Gasteiger partial charge in [-0.15, -0.1) is 0 Å². The van der Waals surface area contributed by atoms with Gasteiger partial charge in [0.05, 0.1) is 0 Å². The van der Waals surface area contributed by atoms with E-state index in [1.54, 1.807) is 6.07 Å². The van der Waals surface area contributed by atoms with Crippen LogP contribution in [0.3, 0.4) is 0 Å². The first-order chi connectivity index (χ1) is 11.2. The lowest BCUT2D eigenvalue weighted by atomic mass is 10.0. The molecule has 0 fully saturated rings. The van der Waals surface area contributed by atoms with Gasteiger partial charge >= 0.3 is 0 Å². The Hall–Kier alpha value is -2.27. The molecule has 2 N–H and O–H groups in total. The number of nitrogens with one attached hydrogen (secondary N) is 2. The predicted octanol–water partition coefficient (Wildman–Crippen LogP) is 2.95. The molecule has 2 rings (SSSR count). The van der Waals surface area contributed by atoms with Gasteiger partial charge in [-0.1, -0.05) is 11.6 Å². The van der Waals surface area contributed by atoms with Crippen molar-refractivity contribution in [3.05, 3.63) is 61.5 Å². The van der Waals surface area contributed by atoms with Gasteiger partial charge in [0.2, 0.25) is 0 Å². The summed E-state index contributed by atoms with van der Waals surface area (Å²) < 4.78 is 0. The van der Waals surface area contributed by atoms with Gasteiger partial charge < -0.3 is 15.2 Å². The van der Waals surface area contributed by atoms with E-state index in [0.29, 0.717) is 16.1 Å². The molecule has 0 radical (unpaired) electrons. The van der Waals surface area contributed by atoms with Crippen molar-refractivity contribution in [3.63, 3.8) is 0 Å². The molecule has 0 spiro atoms. The third-order valence-electron chi connectivity index (χ3n) is 3.99. The number of rotatable bonds is 4. The number of amides is 1. The number of hydrogen-bond acceptors (Lipinski definition) is 3. The van der Waals surface area contributed by atoms with E-state index in [-0.39, 0.29) is 18.0 Å². The van der Waals surface area contributed by atoms with Crippen molar-refractivity contribution in [2.45, 2.75) is 27.3 Å². The monoisotopic (exact) mass is 347 g/mol. The molecule has 1 amide bonds. The minimum atomic E-state index is -0.252. The summed E-state index contributed by atoms with van der Waals surface area (Å²) in [5, 5.41) is 3.31. The molecule has 0 aliphatic carbocycles. The zero-order valence-corrected chi connectivity index (χ0v) is 15.3. The Labute approximate surface area is 146 Å². The number of benzene rings is 1. The van der Waals surface area contributed by atoms with Crippen LogP contribution in [0.2, 0.25) is 5.02 Å². The highest BCUT2D eigenvalue weighted by molar-refractivity contribution is 6.31. The van der Waals surface area contributed by atoms with Crippen LogP contribution < -0.4 is 15.8 Å². The number of H-pyrrole nitrogens is 1. The van der Waals surface area contributed by atoms with Crippen LogP contribution in [-0.2, 0) is 6.54 Å². The second-order valence-electron chi connectivity index (χ2n) is 6.12. The molecule has 0 saturated heterocycles. The molecule has 24 heavy (non-hydrogen) atoms. The maximum Gasteiger partial charge on any atom is 0.253 e. The number of nitrogens with zero attached hydrogens (tertiary/aromatic N) is 1. The summed E-state index contributed by atoms with van der Waals surface area (Å²) >= 11 is 6.13. The van der Waals surface area contributed by atoms with E-state index in [1.807, 2.05) is 51.9 Å². The number of anilines is 1. The smallest absolute Gasteiger partial charge is 0.253 e. The largest absolute Gasteiger partial charge is 0.377 e. The molecule has 5 nitrogen and oxygen atoms in total. The maximum atomic E-state index is 12.6. The lowest BCUT2D eigenvalue weighted by Gasteiger charge is -2.19. The Morgan fingerprint density at radius 2 is 1.88 bits per heavy atom. The SMILES string of the molecule is Cc1cc(C)c(CNC(=O)c2cc(Cl)cc(N(C)C)c2C)c(=O)[nH]1. The number of pyridine rings is 1. The highest BCUT2D eigenvalue weighted by atomic mass is 35.5. The molecule has 0 aliphatic heterocycles. The normalized spacial score (nSPS) is 10.6. The van der Waals surface area contributed by atoms with E-state index in [0.717, 1.165) is 22.5 Å². The van der Waals surface area contributed by atoms with Crippen LogP contribution in [0.5, 0.6) is 0 Å². The van der Waals surface area contributed by atoms with E-state index < -0.39 is 0 Å². The highest BCUT2D eigenvalue weighted by Crippen LogP contribution is 2.26. The standard InChI is InChI=1S/C18H22ClN3O2/c1-10-6-11(2)21-18(24)15(10)9-20-17(23)14-7-13(19)8-16(12(14)3)22(4)5/h6-8H,9H2,1-5H3,(H,20,23)(H,21,24). The molecule has 1 aromatic heterocycles. The fourth-order valence-corrected chi connectivity index (χ4v) is 2.94. The number of hydrogen-bond donors (Lipinski definition) is 2. The van der Waals surface area contributed by atoms with Gasteiger partial charge in [0.25, 0.3) is 11.5 Å². The zero-order valence-electron chi connectivity index (χ0n) is 14.6. The van der Waals surface area contributed by atoms with E-state index in [4.69, 9.17) is 11.6 Å². The molecule has 0 bridgehead atoms. The zero-order chi connectivity index (χ0) is 18.0. The van der Waals surface area contributed by atoms with E-state index in [1.165, 1.54) is 0 Å². The molecule has 1 heterocycles. The van der Waals surface area contributed by atoms with E-state index >= 15 is 0 Å². The number of aromatic amines is 1. The fraction of sp³-hybridized carbons (Fsp3) is 0.333. The first kappa shape index (κ1) is 18.1. The van der Waals surface area contributed by atoms with Crippen molar-refractivity contribution in [1.29, 1.82) is 0 Å². The summed E-state index contributed by atoms with van der Waals surface area (Å²) in [5.74, 6) is -0.252. The summed E-state index contributed by atoms with van der Waals surface area (Å²) in [5.41, 5.74) is 4.27. The third-order valence-corrected chi connectivity index (χ3v) is 4.21. The van der Waals surface area contributed by atoms with Gasteiger partial charge in [0.1, 0.15) is 0 Å². The van der Waals surface area contributed by atoms with Gasteiger partial charge in [-0.05, 0) is 50.1 Å².